The SMILES string of the molecule is O=C(C/C=C/CC(S(=O)(=O)c1ccccc1)S(=O)(=O)c1ccccc1)Sc1ccccc1. The summed E-state index contributed by atoms with van der Waals surface area (Å²) in [4.78, 5) is 12.9. The monoisotopic (exact) mass is 486 g/mol. The highest BCUT2D eigenvalue weighted by Gasteiger charge is 2.38. The van der Waals surface area contributed by atoms with Crippen LogP contribution in [0.2, 0.25) is 0 Å². The molecule has 0 fully saturated rings. The predicted molar refractivity (Wildman–Crippen MR) is 127 cm³/mol. The zero-order valence-corrected chi connectivity index (χ0v) is 19.5. The van der Waals surface area contributed by atoms with Crippen molar-refractivity contribution in [3.63, 3.8) is 0 Å². The molecular weight excluding hydrogens is 464 g/mol. The fraction of sp³-hybridized carbons (Fsp3) is 0.125. The molecule has 0 atom stereocenters. The molecule has 32 heavy (non-hydrogen) atoms. The second-order valence-electron chi connectivity index (χ2n) is 6.84. The van der Waals surface area contributed by atoms with Gasteiger partial charge in [-0.1, -0.05) is 78.5 Å². The summed E-state index contributed by atoms with van der Waals surface area (Å²) in [6.07, 6.45) is 2.77. The molecule has 0 saturated heterocycles. The average Bonchev–Trinajstić information content (AvgIpc) is 2.80. The molecule has 8 heteroatoms. The van der Waals surface area contributed by atoms with E-state index in [1.54, 1.807) is 36.4 Å². The van der Waals surface area contributed by atoms with Crippen molar-refractivity contribution in [3.8, 4) is 0 Å². The van der Waals surface area contributed by atoms with Gasteiger partial charge in [-0.05, 0) is 42.8 Å². The summed E-state index contributed by atoms with van der Waals surface area (Å²) < 4.78 is 51.2. The molecular formula is C24H22O5S3. The molecule has 0 unspecified atom stereocenters. The first-order chi connectivity index (χ1) is 15.3. The molecule has 0 aliphatic rings. The van der Waals surface area contributed by atoms with Gasteiger partial charge < -0.3 is 0 Å². The minimum atomic E-state index is -4.19. The van der Waals surface area contributed by atoms with Crippen molar-refractivity contribution in [2.75, 3.05) is 0 Å². The number of benzene rings is 3. The van der Waals surface area contributed by atoms with E-state index in [2.05, 4.69) is 0 Å². The Morgan fingerprint density at radius 3 is 1.59 bits per heavy atom. The quantitative estimate of drug-likeness (QED) is 0.315. The third-order valence-corrected chi connectivity index (χ3v) is 10.6. The van der Waals surface area contributed by atoms with Crippen LogP contribution in [-0.2, 0) is 24.5 Å². The van der Waals surface area contributed by atoms with E-state index < -0.39 is 24.3 Å². The van der Waals surface area contributed by atoms with Crippen LogP contribution in [0.5, 0.6) is 0 Å². The van der Waals surface area contributed by atoms with Crippen LogP contribution in [0.25, 0.3) is 0 Å². The second-order valence-corrected chi connectivity index (χ2v) is 12.5. The van der Waals surface area contributed by atoms with E-state index in [9.17, 15) is 21.6 Å². The van der Waals surface area contributed by atoms with E-state index in [0.717, 1.165) is 16.7 Å². The number of thioether (sulfide) groups is 1. The van der Waals surface area contributed by atoms with Crippen LogP contribution in [0, 0.1) is 0 Å². The third kappa shape index (κ3) is 5.97. The van der Waals surface area contributed by atoms with E-state index in [1.165, 1.54) is 36.4 Å². The minimum absolute atomic E-state index is 0.0586. The Hall–Kier alpha value is -2.68. The fourth-order valence-corrected chi connectivity index (χ4v) is 8.14. The first kappa shape index (κ1) is 24.0. The van der Waals surface area contributed by atoms with Gasteiger partial charge in [0.15, 0.2) is 29.4 Å². The Morgan fingerprint density at radius 2 is 1.12 bits per heavy atom. The van der Waals surface area contributed by atoms with Gasteiger partial charge in [0.1, 0.15) is 0 Å². The van der Waals surface area contributed by atoms with Gasteiger partial charge in [0, 0.05) is 11.3 Å². The Balaban J connectivity index is 1.82. The van der Waals surface area contributed by atoms with Crippen LogP contribution in [0.3, 0.4) is 0 Å². The van der Waals surface area contributed by atoms with Crippen molar-refractivity contribution < 1.29 is 21.6 Å². The molecule has 3 aromatic carbocycles. The molecule has 0 heterocycles. The van der Waals surface area contributed by atoms with Crippen molar-refractivity contribution in [2.45, 2.75) is 32.1 Å². The summed E-state index contributed by atoms with van der Waals surface area (Å²) >= 11 is 1.08. The second kappa shape index (κ2) is 10.8. The Morgan fingerprint density at radius 1 is 0.688 bits per heavy atom. The third-order valence-electron chi connectivity index (χ3n) is 4.59. The largest absolute Gasteiger partial charge is 0.286 e. The highest BCUT2D eigenvalue weighted by Crippen LogP contribution is 2.28. The van der Waals surface area contributed by atoms with Crippen LogP contribution >= 0.6 is 11.8 Å². The summed E-state index contributed by atoms with van der Waals surface area (Å²) in [6.45, 7) is 0. The molecule has 0 N–H and O–H groups in total. The summed E-state index contributed by atoms with van der Waals surface area (Å²) in [7, 11) is -8.37. The zero-order chi connectivity index (χ0) is 23.0. The number of allylic oxidation sites excluding steroid dienone is 2. The standard InChI is InChI=1S/C24H22O5S3/c25-23(30-20-12-4-1-5-13-20)18-10-11-19-24(31(26,27)21-14-6-2-7-15-21)32(28,29)22-16-8-3-9-17-22/h1-17,24H,18-19H2/b11-10+. The molecule has 0 aliphatic heterocycles. The first-order valence-electron chi connectivity index (χ1n) is 9.80. The molecule has 0 saturated carbocycles. The van der Waals surface area contributed by atoms with Crippen LogP contribution in [0.15, 0.2) is 118 Å². The summed E-state index contributed by atoms with van der Waals surface area (Å²) in [5.74, 6) is 0. The van der Waals surface area contributed by atoms with Crippen LogP contribution in [-0.4, -0.2) is 26.5 Å². The van der Waals surface area contributed by atoms with Gasteiger partial charge in [-0.2, -0.15) is 0 Å². The fourth-order valence-electron chi connectivity index (χ4n) is 2.99. The van der Waals surface area contributed by atoms with Crippen molar-refractivity contribution in [1.82, 2.24) is 0 Å². The summed E-state index contributed by atoms with van der Waals surface area (Å²) in [5, 5.41) is -0.124. The van der Waals surface area contributed by atoms with Crippen molar-refractivity contribution >= 4 is 36.6 Å². The van der Waals surface area contributed by atoms with Crippen molar-refractivity contribution in [3.05, 3.63) is 103 Å². The topological polar surface area (TPSA) is 85.3 Å². The summed E-state index contributed by atoms with van der Waals surface area (Å²) in [6, 6.07) is 24.2. The highest BCUT2D eigenvalue weighted by molar-refractivity contribution is 8.13. The maximum atomic E-state index is 13.2. The van der Waals surface area contributed by atoms with Gasteiger partial charge in [0.2, 0.25) is 0 Å². The number of carbonyl (C=O) groups excluding carboxylic acids is 1. The Bertz CT molecular complexity index is 1200. The number of rotatable bonds is 9. The normalized spacial score (nSPS) is 12.3. The van der Waals surface area contributed by atoms with Gasteiger partial charge in [-0.25, -0.2) is 16.8 Å². The van der Waals surface area contributed by atoms with Crippen molar-refractivity contribution in [1.29, 1.82) is 0 Å². The van der Waals surface area contributed by atoms with Gasteiger partial charge in [0.25, 0.3) is 0 Å². The van der Waals surface area contributed by atoms with E-state index in [0.29, 0.717) is 0 Å². The molecule has 0 bridgehead atoms. The Labute approximate surface area is 193 Å². The number of hydrogen-bond donors (Lipinski definition) is 0. The van der Waals surface area contributed by atoms with Gasteiger partial charge >= 0.3 is 0 Å². The molecule has 166 valence electrons. The molecule has 0 aromatic heterocycles. The first-order valence-corrected chi connectivity index (χ1v) is 13.7. The van der Waals surface area contributed by atoms with Gasteiger partial charge in [-0.15, -0.1) is 0 Å². The van der Waals surface area contributed by atoms with E-state index in [4.69, 9.17) is 0 Å². The van der Waals surface area contributed by atoms with Crippen LogP contribution in [0.4, 0.5) is 0 Å². The van der Waals surface area contributed by atoms with Gasteiger partial charge in [0.05, 0.1) is 9.79 Å². The molecule has 0 amide bonds. The number of sulfone groups is 2. The molecule has 3 rings (SSSR count). The molecule has 0 aliphatic carbocycles. The molecule has 5 nitrogen and oxygen atoms in total. The predicted octanol–water partition coefficient (Wildman–Crippen LogP) is 4.92. The lowest BCUT2D eigenvalue weighted by atomic mass is 10.3. The van der Waals surface area contributed by atoms with Crippen LogP contribution in [0.1, 0.15) is 12.8 Å². The lowest BCUT2D eigenvalue weighted by Crippen LogP contribution is -2.30. The number of hydrogen-bond acceptors (Lipinski definition) is 6. The van der Waals surface area contributed by atoms with E-state index >= 15 is 0 Å². The summed E-state index contributed by atoms with van der Waals surface area (Å²) in [5.41, 5.74) is 0. The number of carbonyl (C=O) groups is 1. The van der Waals surface area contributed by atoms with E-state index in [1.807, 2.05) is 30.3 Å². The van der Waals surface area contributed by atoms with E-state index in [-0.39, 0.29) is 27.7 Å². The zero-order valence-electron chi connectivity index (χ0n) is 17.1. The smallest absolute Gasteiger partial charge is 0.197 e. The maximum Gasteiger partial charge on any atom is 0.197 e. The molecule has 0 radical (unpaired) electrons. The van der Waals surface area contributed by atoms with Crippen LogP contribution < -0.4 is 0 Å². The minimum Gasteiger partial charge on any atom is -0.286 e. The van der Waals surface area contributed by atoms with Crippen molar-refractivity contribution in [2.24, 2.45) is 0 Å². The highest BCUT2D eigenvalue weighted by atomic mass is 32.3. The molecule has 3 aromatic rings. The average molecular weight is 487 g/mol. The lowest BCUT2D eigenvalue weighted by molar-refractivity contribution is -0.110. The maximum absolute atomic E-state index is 13.2. The molecule has 0 spiro atoms. The Kier molecular flexibility index (Phi) is 8.06. The lowest BCUT2D eigenvalue weighted by Gasteiger charge is -2.17. The van der Waals surface area contributed by atoms with Gasteiger partial charge in [-0.3, -0.25) is 4.79 Å².